The number of phenolic OH excluding ortho intramolecular Hbond substituents is 1. The number of rotatable bonds is 8. The second-order valence-electron chi connectivity index (χ2n) is 5.94. The molecule has 0 aromatic heterocycles. The van der Waals surface area contributed by atoms with Gasteiger partial charge in [0.15, 0.2) is 0 Å². The Hall–Kier alpha value is -2.07. The number of esters is 1. The molecule has 0 bridgehead atoms. The van der Waals surface area contributed by atoms with Crippen LogP contribution < -0.4 is 0 Å². The van der Waals surface area contributed by atoms with E-state index in [1.165, 1.54) is 17.7 Å². The second-order valence-corrected chi connectivity index (χ2v) is 5.94. The maximum absolute atomic E-state index is 12.1. The van der Waals surface area contributed by atoms with Crippen molar-refractivity contribution in [2.75, 3.05) is 0 Å². The van der Waals surface area contributed by atoms with E-state index in [0.717, 1.165) is 12.8 Å². The zero-order valence-corrected chi connectivity index (χ0v) is 14.3. The van der Waals surface area contributed by atoms with Gasteiger partial charge in [0.25, 0.3) is 0 Å². The molecule has 2 unspecified atom stereocenters. The number of benzene rings is 1. The van der Waals surface area contributed by atoms with Crippen LogP contribution in [0.15, 0.2) is 48.6 Å². The van der Waals surface area contributed by atoms with E-state index < -0.39 is 17.9 Å². The summed E-state index contributed by atoms with van der Waals surface area (Å²) < 4.78 is 11.1. The molecule has 4 nitrogen and oxygen atoms in total. The van der Waals surface area contributed by atoms with Gasteiger partial charge in [-0.3, -0.25) is 0 Å². The van der Waals surface area contributed by atoms with Crippen molar-refractivity contribution in [3.63, 3.8) is 0 Å². The molecule has 1 rings (SSSR count). The van der Waals surface area contributed by atoms with Gasteiger partial charge in [-0.05, 0) is 52.7 Å². The number of allylic oxidation sites excluding steroid dienone is 2. The van der Waals surface area contributed by atoms with Gasteiger partial charge >= 0.3 is 5.97 Å². The summed E-state index contributed by atoms with van der Waals surface area (Å²) in [6.45, 7) is 11.5. The summed E-state index contributed by atoms with van der Waals surface area (Å²) in [5.74, 6) is -0.731. The molecule has 126 valence electrons. The van der Waals surface area contributed by atoms with Gasteiger partial charge in [-0.1, -0.05) is 29.9 Å². The normalized spacial score (nSPS) is 14.4. The maximum Gasteiger partial charge on any atom is 0.344 e. The Labute approximate surface area is 138 Å². The van der Waals surface area contributed by atoms with E-state index in [0.29, 0.717) is 0 Å². The second kappa shape index (κ2) is 8.53. The number of carbonyl (C=O) groups is 1. The van der Waals surface area contributed by atoms with Crippen LogP contribution >= 0.6 is 0 Å². The summed E-state index contributed by atoms with van der Waals surface area (Å²) in [5, 5.41) is 9.68. The highest BCUT2D eigenvalue weighted by molar-refractivity contribution is 5.92. The lowest BCUT2D eigenvalue weighted by Crippen LogP contribution is -2.32. The summed E-state index contributed by atoms with van der Waals surface area (Å²) in [4.78, 5) is 12.1. The Morgan fingerprint density at radius 2 is 2.04 bits per heavy atom. The SMILES string of the molecule is C=CC(C)(CCC=C(C)C)OC(C)OC(=O)c1ccccc1O. The molecule has 2 atom stereocenters. The third-order valence-corrected chi connectivity index (χ3v) is 3.46. The third-order valence-electron chi connectivity index (χ3n) is 3.46. The van der Waals surface area contributed by atoms with Gasteiger partial charge in [0.05, 0.1) is 5.60 Å². The van der Waals surface area contributed by atoms with Crippen LogP contribution in [0.1, 0.15) is 50.9 Å². The van der Waals surface area contributed by atoms with Crippen LogP contribution in [0.5, 0.6) is 5.75 Å². The smallest absolute Gasteiger partial charge is 0.344 e. The molecule has 0 spiro atoms. The number of ether oxygens (including phenoxy) is 2. The zero-order valence-electron chi connectivity index (χ0n) is 14.3. The number of para-hydroxylation sites is 1. The van der Waals surface area contributed by atoms with Crippen molar-refractivity contribution >= 4 is 5.97 Å². The number of hydrogen-bond acceptors (Lipinski definition) is 4. The molecule has 4 heteroatoms. The Morgan fingerprint density at radius 1 is 1.39 bits per heavy atom. The average molecular weight is 318 g/mol. The first-order valence-electron chi connectivity index (χ1n) is 7.71. The lowest BCUT2D eigenvalue weighted by atomic mass is 9.99. The van der Waals surface area contributed by atoms with E-state index in [2.05, 4.69) is 12.7 Å². The quantitative estimate of drug-likeness (QED) is 0.432. The molecule has 0 fully saturated rings. The highest BCUT2D eigenvalue weighted by Crippen LogP contribution is 2.24. The van der Waals surface area contributed by atoms with Crippen molar-refractivity contribution in [1.82, 2.24) is 0 Å². The van der Waals surface area contributed by atoms with Gasteiger partial charge in [-0.25, -0.2) is 4.79 Å². The van der Waals surface area contributed by atoms with Crippen LogP contribution in [-0.4, -0.2) is 23.0 Å². The molecule has 0 radical (unpaired) electrons. The molecule has 1 N–H and O–H groups in total. The van der Waals surface area contributed by atoms with E-state index in [1.807, 2.05) is 20.8 Å². The topological polar surface area (TPSA) is 55.8 Å². The van der Waals surface area contributed by atoms with Gasteiger partial charge in [0.2, 0.25) is 6.29 Å². The summed E-state index contributed by atoms with van der Waals surface area (Å²) in [5.41, 5.74) is 0.771. The van der Waals surface area contributed by atoms with Gasteiger partial charge < -0.3 is 14.6 Å². The predicted octanol–water partition coefficient (Wildman–Crippen LogP) is 4.60. The summed E-state index contributed by atoms with van der Waals surface area (Å²) in [7, 11) is 0. The van der Waals surface area contributed by atoms with E-state index in [4.69, 9.17) is 9.47 Å². The van der Waals surface area contributed by atoms with Crippen molar-refractivity contribution in [2.24, 2.45) is 0 Å². The van der Waals surface area contributed by atoms with Crippen LogP contribution in [0.4, 0.5) is 0 Å². The van der Waals surface area contributed by atoms with Crippen LogP contribution in [0.2, 0.25) is 0 Å². The first-order chi connectivity index (χ1) is 10.8. The molecule has 0 saturated heterocycles. The minimum absolute atomic E-state index is 0.111. The molecule has 0 aliphatic heterocycles. The van der Waals surface area contributed by atoms with Gasteiger partial charge in [0.1, 0.15) is 11.3 Å². The van der Waals surface area contributed by atoms with E-state index >= 15 is 0 Å². The lowest BCUT2D eigenvalue weighted by Gasteiger charge is -2.29. The van der Waals surface area contributed by atoms with Crippen LogP contribution in [0, 0.1) is 0 Å². The van der Waals surface area contributed by atoms with E-state index in [1.54, 1.807) is 25.1 Å². The highest BCUT2D eigenvalue weighted by Gasteiger charge is 2.25. The average Bonchev–Trinajstić information content (AvgIpc) is 2.46. The Balaban J connectivity index is 2.64. The minimum Gasteiger partial charge on any atom is -0.507 e. The Morgan fingerprint density at radius 3 is 2.61 bits per heavy atom. The van der Waals surface area contributed by atoms with Crippen LogP contribution in [0.3, 0.4) is 0 Å². The largest absolute Gasteiger partial charge is 0.507 e. The fourth-order valence-corrected chi connectivity index (χ4v) is 2.12. The molecule has 0 aliphatic carbocycles. The molecule has 0 saturated carbocycles. The number of aromatic hydroxyl groups is 1. The summed E-state index contributed by atoms with van der Waals surface area (Å²) >= 11 is 0. The first-order valence-corrected chi connectivity index (χ1v) is 7.71. The van der Waals surface area contributed by atoms with Gasteiger partial charge in [-0.2, -0.15) is 0 Å². The molecule has 23 heavy (non-hydrogen) atoms. The number of phenols is 1. The van der Waals surface area contributed by atoms with Crippen molar-refractivity contribution in [1.29, 1.82) is 0 Å². The first kappa shape index (κ1) is 19.0. The van der Waals surface area contributed by atoms with E-state index in [-0.39, 0.29) is 11.3 Å². The van der Waals surface area contributed by atoms with Crippen molar-refractivity contribution < 1.29 is 19.4 Å². The van der Waals surface area contributed by atoms with Gasteiger partial charge in [-0.15, -0.1) is 6.58 Å². The maximum atomic E-state index is 12.1. The fraction of sp³-hybridized carbons (Fsp3) is 0.421. The molecule has 1 aromatic carbocycles. The standard InChI is InChI=1S/C19H26O4/c1-6-19(5,13-9-10-14(2)3)23-15(4)22-18(21)16-11-7-8-12-17(16)20/h6-8,10-12,15,20H,1,9,13H2,2-5H3. The highest BCUT2D eigenvalue weighted by atomic mass is 16.7. The predicted molar refractivity (Wildman–Crippen MR) is 91.3 cm³/mol. The van der Waals surface area contributed by atoms with Crippen molar-refractivity contribution in [3.8, 4) is 5.75 Å². The molecule has 1 aromatic rings. The van der Waals surface area contributed by atoms with Crippen molar-refractivity contribution in [3.05, 3.63) is 54.1 Å². The van der Waals surface area contributed by atoms with Crippen LogP contribution in [-0.2, 0) is 9.47 Å². The monoisotopic (exact) mass is 318 g/mol. The molecular formula is C19H26O4. The summed E-state index contributed by atoms with van der Waals surface area (Å²) in [6, 6.07) is 6.25. The molecule has 0 amide bonds. The fourth-order valence-electron chi connectivity index (χ4n) is 2.12. The lowest BCUT2D eigenvalue weighted by molar-refractivity contribution is -0.155. The Bertz CT molecular complexity index is 572. The summed E-state index contributed by atoms with van der Waals surface area (Å²) in [6.07, 6.45) is 4.68. The minimum atomic E-state index is -0.753. The molecular weight excluding hydrogens is 292 g/mol. The van der Waals surface area contributed by atoms with Gasteiger partial charge in [0, 0.05) is 0 Å². The zero-order chi connectivity index (χ0) is 17.5. The van der Waals surface area contributed by atoms with E-state index in [9.17, 15) is 9.90 Å². The Kier molecular flexibility index (Phi) is 7.04. The van der Waals surface area contributed by atoms with Crippen LogP contribution in [0.25, 0.3) is 0 Å². The molecule has 0 aliphatic rings. The molecule has 0 heterocycles. The third kappa shape index (κ3) is 6.28. The number of hydrogen-bond donors (Lipinski definition) is 1. The van der Waals surface area contributed by atoms with Crippen molar-refractivity contribution in [2.45, 2.75) is 52.4 Å². The number of carbonyl (C=O) groups excluding carboxylic acids is 1.